The van der Waals surface area contributed by atoms with Crippen molar-refractivity contribution in [3.8, 4) is 0 Å². The van der Waals surface area contributed by atoms with E-state index in [4.69, 9.17) is 5.73 Å². The van der Waals surface area contributed by atoms with Gasteiger partial charge in [0.25, 0.3) is 0 Å². The fourth-order valence-corrected chi connectivity index (χ4v) is 3.99. The van der Waals surface area contributed by atoms with Gasteiger partial charge in [-0.05, 0) is 30.9 Å². The van der Waals surface area contributed by atoms with E-state index in [1.165, 1.54) is 6.26 Å². The number of hydrogen-bond acceptors (Lipinski definition) is 4. The Morgan fingerprint density at radius 1 is 1.32 bits per heavy atom. The van der Waals surface area contributed by atoms with Gasteiger partial charge in [0, 0.05) is 30.3 Å². The van der Waals surface area contributed by atoms with E-state index in [-0.39, 0.29) is 29.5 Å². The van der Waals surface area contributed by atoms with Crippen LogP contribution in [-0.4, -0.2) is 32.9 Å². The molecule has 1 fully saturated rings. The SMILES string of the molecule is CS(=O)(=O)CC1(CNC(=O)CCc2ccccc2N)CC1.Cl. The molecule has 1 aliphatic carbocycles. The maximum atomic E-state index is 11.9. The second-order valence-corrected chi connectivity index (χ2v) is 8.19. The average molecular weight is 347 g/mol. The quantitative estimate of drug-likeness (QED) is 0.733. The van der Waals surface area contributed by atoms with Crippen molar-refractivity contribution in [2.75, 3.05) is 24.3 Å². The van der Waals surface area contributed by atoms with Crippen LogP contribution in [0, 0.1) is 5.41 Å². The fourth-order valence-electron chi connectivity index (χ4n) is 2.49. The maximum absolute atomic E-state index is 11.9. The minimum absolute atomic E-state index is 0. The molecule has 3 N–H and O–H groups in total. The Balaban J connectivity index is 0.00000242. The molecule has 7 heteroatoms. The van der Waals surface area contributed by atoms with Gasteiger partial charge >= 0.3 is 0 Å². The van der Waals surface area contributed by atoms with Gasteiger partial charge in [-0.1, -0.05) is 18.2 Å². The molecule has 22 heavy (non-hydrogen) atoms. The minimum atomic E-state index is -3.00. The molecule has 2 rings (SSSR count). The molecule has 124 valence electrons. The lowest BCUT2D eigenvalue weighted by molar-refractivity contribution is -0.121. The highest BCUT2D eigenvalue weighted by molar-refractivity contribution is 7.90. The predicted octanol–water partition coefficient (Wildman–Crippen LogP) is 1.56. The molecule has 1 aromatic carbocycles. The van der Waals surface area contributed by atoms with Gasteiger partial charge in [0.1, 0.15) is 9.84 Å². The van der Waals surface area contributed by atoms with Crippen molar-refractivity contribution in [1.82, 2.24) is 5.32 Å². The molecule has 0 spiro atoms. The summed E-state index contributed by atoms with van der Waals surface area (Å²) in [6.07, 6.45) is 3.94. The van der Waals surface area contributed by atoms with Gasteiger partial charge in [-0.2, -0.15) is 0 Å². The van der Waals surface area contributed by atoms with E-state index in [1.54, 1.807) is 0 Å². The first-order chi connectivity index (χ1) is 9.80. The van der Waals surface area contributed by atoms with Gasteiger partial charge in [0.05, 0.1) is 5.75 Å². The Morgan fingerprint density at radius 3 is 2.50 bits per heavy atom. The molecule has 1 saturated carbocycles. The summed E-state index contributed by atoms with van der Waals surface area (Å²) in [5.74, 6) is 0.101. The number of rotatable bonds is 7. The van der Waals surface area contributed by atoms with Crippen LogP contribution in [0.25, 0.3) is 0 Å². The minimum Gasteiger partial charge on any atom is -0.399 e. The number of nitrogen functional groups attached to an aromatic ring is 1. The van der Waals surface area contributed by atoms with Crippen molar-refractivity contribution in [3.05, 3.63) is 29.8 Å². The maximum Gasteiger partial charge on any atom is 0.220 e. The van der Waals surface area contributed by atoms with Crippen LogP contribution in [0.5, 0.6) is 0 Å². The van der Waals surface area contributed by atoms with Crippen LogP contribution in [0.15, 0.2) is 24.3 Å². The van der Waals surface area contributed by atoms with Crippen LogP contribution in [0.4, 0.5) is 5.69 Å². The van der Waals surface area contributed by atoms with Crippen LogP contribution in [0.1, 0.15) is 24.8 Å². The van der Waals surface area contributed by atoms with E-state index in [9.17, 15) is 13.2 Å². The number of carbonyl (C=O) groups excluding carboxylic acids is 1. The molecule has 0 aromatic heterocycles. The van der Waals surface area contributed by atoms with Gasteiger partial charge in [-0.15, -0.1) is 12.4 Å². The van der Waals surface area contributed by atoms with Crippen molar-refractivity contribution in [3.63, 3.8) is 0 Å². The number of nitrogens with one attached hydrogen (secondary N) is 1. The van der Waals surface area contributed by atoms with E-state index < -0.39 is 9.84 Å². The van der Waals surface area contributed by atoms with Crippen LogP contribution in [0.2, 0.25) is 0 Å². The second-order valence-electron chi connectivity index (χ2n) is 6.05. The molecule has 1 aliphatic rings. The highest BCUT2D eigenvalue weighted by Gasteiger charge is 2.45. The number of nitrogens with two attached hydrogens (primary N) is 1. The van der Waals surface area contributed by atoms with Gasteiger partial charge in [-0.25, -0.2) is 8.42 Å². The third-order valence-electron chi connectivity index (χ3n) is 3.86. The van der Waals surface area contributed by atoms with Crippen LogP contribution in [0.3, 0.4) is 0 Å². The number of halogens is 1. The molecule has 0 bridgehead atoms. The first-order valence-corrected chi connectivity index (χ1v) is 9.14. The Bertz CT molecular complexity index is 627. The third-order valence-corrected chi connectivity index (χ3v) is 5.00. The van der Waals surface area contributed by atoms with E-state index in [1.807, 2.05) is 24.3 Å². The van der Waals surface area contributed by atoms with E-state index >= 15 is 0 Å². The van der Waals surface area contributed by atoms with Gasteiger partial charge < -0.3 is 11.1 Å². The van der Waals surface area contributed by atoms with Crippen molar-refractivity contribution >= 4 is 33.8 Å². The van der Waals surface area contributed by atoms with E-state index in [0.29, 0.717) is 25.1 Å². The molecule has 0 saturated heterocycles. The number of para-hydroxylation sites is 1. The van der Waals surface area contributed by atoms with Crippen molar-refractivity contribution < 1.29 is 13.2 Å². The summed E-state index contributed by atoms with van der Waals surface area (Å²) in [5.41, 5.74) is 7.26. The highest BCUT2D eigenvalue weighted by atomic mass is 35.5. The summed E-state index contributed by atoms with van der Waals surface area (Å²) in [5, 5.41) is 2.85. The molecule has 0 heterocycles. The molecule has 0 aliphatic heterocycles. The molecule has 0 atom stereocenters. The first-order valence-electron chi connectivity index (χ1n) is 7.08. The van der Waals surface area contributed by atoms with Crippen LogP contribution < -0.4 is 11.1 Å². The largest absolute Gasteiger partial charge is 0.399 e. The normalized spacial score (nSPS) is 15.7. The average Bonchev–Trinajstić information content (AvgIpc) is 3.13. The number of hydrogen-bond donors (Lipinski definition) is 2. The van der Waals surface area contributed by atoms with Crippen molar-refractivity contribution in [2.24, 2.45) is 5.41 Å². The van der Waals surface area contributed by atoms with Gasteiger partial charge in [-0.3, -0.25) is 4.79 Å². The number of carbonyl (C=O) groups is 1. The van der Waals surface area contributed by atoms with E-state index in [2.05, 4.69) is 5.32 Å². The molecule has 0 unspecified atom stereocenters. The summed E-state index contributed by atoms with van der Waals surface area (Å²) in [6.45, 7) is 0.448. The number of aryl methyl sites for hydroxylation is 1. The topological polar surface area (TPSA) is 89.3 Å². The zero-order valence-corrected chi connectivity index (χ0v) is 14.3. The van der Waals surface area contributed by atoms with Crippen molar-refractivity contribution in [2.45, 2.75) is 25.7 Å². The zero-order valence-electron chi connectivity index (χ0n) is 12.7. The van der Waals surface area contributed by atoms with Crippen LogP contribution in [-0.2, 0) is 21.1 Å². The molecule has 1 amide bonds. The first kappa shape index (κ1) is 18.8. The Morgan fingerprint density at radius 2 is 1.95 bits per heavy atom. The standard InChI is InChI=1S/C15H22N2O3S.ClH/c1-21(19,20)11-15(8-9-15)10-17-14(18)7-6-12-4-2-3-5-13(12)16;/h2-5H,6-11,16H2,1H3,(H,17,18);1H. The highest BCUT2D eigenvalue weighted by Crippen LogP contribution is 2.46. The lowest BCUT2D eigenvalue weighted by atomic mass is 10.1. The third kappa shape index (κ3) is 5.85. The molecule has 1 aromatic rings. The summed E-state index contributed by atoms with van der Waals surface area (Å²) < 4.78 is 22.7. The lowest BCUT2D eigenvalue weighted by Gasteiger charge is -2.15. The summed E-state index contributed by atoms with van der Waals surface area (Å²) in [7, 11) is -3.00. The number of amides is 1. The number of anilines is 1. The Hall–Kier alpha value is -1.27. The van der Waals surface area contributed by atoms with E-state index in [0.717, 1.165) is 18.4 Å². The molecule has 0 radical (unpaired) electrons. The molecular weight excluding hydrogens is 324 g/mol. The zero-order chi connectivity index (χ0) is 15.5. The second kappa shape index (κ2) is 7.33. The van der Waals surface area contributed by atoms with Gasteiger partial charge in [0.2, 0.25) is 5.91 Å². The summed E-state index contributed by atoms with van der Waals surface area (Å²) >= 11 is 0. The van der Waals surface area contributed by atoms with Crippen molar-refractivity contribution in [1.29, 1.82) is 0 Å². The summed E-state index contributed by atoms with van der Waals surface area (Å²) in [6, 6.07) is 7.49. The van der Waals surface area contributed by atoms with Gasteiger partial charge in [0.15, 0.2) is 0 Å². The molecular formula is C15H23ClN2O3S. The smallest absolute Gasteiger partial charge is 0.220 e. The number of benzene rings is 1. The fraction of sp³-hybridized carbons (Fsp3) is 0.533. The molecule has 5 nitrogen and oxygen atoms in total. The predicted molar refractivity (Wildman–Crippen MR) is 90.8 cm³/mol. The number of sulfone groups is 1. The summed E-state index contributed by atoms with van der Waals surface area (Å²) in [4.78, 5) is 11.9. The monoisotopic (exact) mass is 346 g/mol. The Kier molecular flexibility index (Phi) is 6.26. The Labute approximate surface area is 138 Å². The van der Waals surface area contributed by atoms with Crippen LogP contribution >= 0.6 is 12.4 Å². The lowest BCUT2D eigenvalue weighted by Crippen LogP contribution is -2.33.